The van der Waals surface area contributed by atoms with E-state index in [0.29, 0.717) is 0 Å². The Kier molecular flexibility index (Phi) is 25.9. The molecule has 0 fully saturated rings. The fraction of sp³-hybridized carbons (Fsp3) is 0.0179. The third-order valence-electron chi connectivity index (χ3n) is 24.0. The van der Waals surface area contributed by atoms with Crippen molar-refractivity contribution in [3.05, 3.63) is 558 Å². The summed E-state index contributed by atoms with van der Waals surface area (Å²) in [6, 6.07) is 198. The van der Waals surface area contributed by atoms with E-state index in [1.54, 1.807) is 0 Å². The minimum absolute atomic E-state index is 0.0944. The van der Waals surface area contributed by atoms with Crippen molar-refractivity contribution in [2.24, 2.45) is 0 Å². The minimum atomic E-state index is -5.04. The molecule has 6 nitrogen and oxygen atoms in total. The Bertz CT molecular complexity index is 4830. The number of hydrogen-bond acceptors (Lipinski definition) is 6. The second-order valence-electron chi connectivity index (χ2n) is 31.5. The number of allylic oxidation sites excluding steroid dienone is 2. The van der Waals surface area contributed by atoms with Gasteiger partial charge in [0, 0.05) is 12.1 Å². The molecule has 0 amide bonds. The summed E-state index contributed by atoms with van der Waals surface area (Å²) in [6.07, 6.45) is 4.71. The van der Waals surface area contributed by atoms with Gasteiger partial charge in [0.05, 0.1) is 0 Å². The minimum Gasteiger partial charge on any atom is -0.404 e. The lowest BCUT2D eigenvalue weighted by atomic mass is 10.3. The van der Waals surface area contributed by atoms with E-state index in [1.165, 1.54) is 0 Å². The van der Waals surface area contributed by atoms with Gasteiger partial charge in [-0.1, -0.05) is 558 Å². The van der Waals surface area contributed by atoms with Crippen LogP contribution in [0.4, 0.5) is 0 Å². The second-order valence-corrected chi connectivity index (χ2v) is 58.5. The van der Waals surface area contributed by atoms with E-state index in [-0.39, 0.29) is 12.1 Å². The molecule has 14 heteroatoms. The third kappa shape index (κ3) is 16.7. The highest BCUT2D eigenvalue weighted by atomic mass is 28.5. The fourth-order valence-corrected chi connectivity index (χ4v) is 62.2. The molecule has 0 heterocycles. The molecule has 18 aromatic rings. The predicted molar refractivity (Wildman–Crippen MR) is 541 cm³/mol. The molecule has 0 aliphatic rings. The van der Waals surface area contributed by atoms with Crippen molar-refractivity contribution >= 4 is 161 Å². The zero-order valence-electron chi connectivity index (χ0n) is 70.0. The van der Waals surface area contributed by atoms with E-state index in [1.807, 2.05) is 0 Å². The van der Waals surface area contributed by atoms with Gasteiger partial charge in [-0.3, -0.25) is 0 Å². The zero-order chi connectivity index (χ0) is 85.1. The van der Waals surface area contributed by atoms with E-state index in [4.69, 9.17) is 0 Å². The first kappa shape index (κ1) is 84.1. The van der Waals surface area contributed by atoms with Gasteiger partial charge < -0.3 is 24.7 Å². The highest BCUT2D eigenvalue weighted by Crippen LogP contribution is 2.36. The van der Waals surface area contributed by atoms with Gasteiger partial charge >= 0.3 is 17.6 Å². The van der Waals surface area contributed by atoms with Crippen molar-refractivity contribution in [3.63, 3.8) is 0 Å². The predicted octanol–water partition coefficient (Wildman–Crippen LogP) is 13.5. The van der Waals surface area contributed by atoms with Crippen LogP contribution in [0.3, 0.4) is 0 Å². The van der Waals surface area contributed by atoms with Crippen LogP contribution in [0, 0.1) is 0 Å². The summed E-state index contributed by atoms with van der Waals surface area (Å²) in [6.45, 7) is 0. The number of benzene rings is 18. The molecule has 126 heavy (non-hydrogen) atoms. The molecule has 0 atom stereocenters. The van der Waals surface area contributed by atoms with Crippen LogP contribution in [0.25, 0.3) is 0 Å². The van der Waals surface area contributed by atoms with Crippen LogP contribution in [0.5, 0.6) is 0 Å². The van der Waals surface area contributed by atoms with Gasteiger partial charge in [-0.05, 0) is 93.4 Å². The molecular weight excluding hydrogens is 1670 g/mol. The largest absolute Gasteiger partial charge is 0.475 e. The van der Waals surface area contributed by atoms with E-state index in [2.05, 4.69) is 558 Å². The van der Waals surface area contributed by atoms with Gasteiger partial charge in [-0.2, -0.15) is 0 Å². The molecular formula is C112H96O6Si8. The molecule has 0 spiro atoms. The first-order valence-corrected chi connectivity index (χ1v) is 58.5. The Morgan fingerprint density at radius 1 is 0.111 bits per heavy atom. The summed E-state index contributed by atoms with van der Waals surface area (Å²) < 4.78 is 57.6. The number of hydrogen-bond donors (Lipinski definition) is 0. The summed E-state index contributed by atoms with van der Waals surface area (Å²) in [4.78, 5) is 0. The quantitative estimate of drug-likeness (QED) is 0.0228. The smallest absolute Gasteiger partial charge is 0.404 e. The molecule has 0 radical (unpaired) electrons. The summed E-state index contributed by atoms with van der Waals surface area (Å²) in [5.41, 5.74) is 0. The molecule has 18 aromatic carbocycles. The van der Waals surface area contributed by atoms with E-state index in [9.17, 15) is 24.7 Å². The lowest BCUT2D eigenvalue weighted by Crippen LogP contribution is -2.82. The lowest BCUT2D eigenvalue weighted by molar-refractivity contribution is 0.267. The summed E-state index contributed by atoms with van der Waals surface area (Å²) in [5, 5.41) is 18.4. The molecule has 612 valence electrons. The van der Waals surface area contributed by atoms with E-state index in [0.717, 1.165) is 93.4 Å². The van der Waals surface area contributed by atoms with Gasteiger partial charge in [0.15, 0.2) is 0 Å². The fourth-order valence-electron chi connectivity index (χ4n) is 18.4. The van der Waals surface area contributed by atoms with Crippen LogP contribution in [-0.4, -0.2) is 67.5 Å². The van der Waals surface area contributed by atoms with Crippen molar-refractivity contribution in [3.8, 4) is 0 Å². The highest BCUT2D eigenvalue weighted by Gasteiger charge is 2.65. The van der Waals surface area contributed by atoms with E-state index >= 15 is 0 Å². The van der Waals surface area contributed by atoms with Gasteiger partial charge in [-0.15, -0.1) is 0 Å². The van der Waals surface area contributed by atoms with Crippen LogP contribution in [0.2, 0.25) is 12.1 Å². The van der Waals surface area contributed by atoms with Crippen molar-refractivity contribution < 1.29 is 24.7 Å². The first-order chi connectivity index (χ1) is 62.3. The summed E-state index contributed by atoms with van der Waals surface area (Å²) in [5.74, 6) is 0. The Balaban J connectivity index is 1.02. The second kappa shape index (κ2) is 38.8. The standard InChI is InChI=1S/C112H96O6Si8/c1-19-57-95(58-20-1)121(96-59-21-2-22-60-96,97-61-23-3-24-62-97)113-119(114-122(98-63-25-4-26-64-98,99-65-27-5-28-66-99)100-67-29-6-30-68-100,115-123(101-69-31-7-32-70-101,102-71-33-8-34-72-102)103-73-35-9-36-74-103)93-55-56-94-120(116-124(104-75-37-10-38-76-104,105-77-39-11-40-78-105)106-79-41-12-42-80-106,117-125(107-81-43-13-44-82-107,108-83-45-14-46-84-108)109-85-47-15-48-86-109)118-126(110-87-49-16-50-88-110,111-89-51-17-52-90-111)112-91-53-18-54-92-112/h1-92H,93-94H2. The molecule has 0 bridgehead atoms. The maximum Gasteiger partial charge on any atom is 0.475 e. The average molecular weight is 1760 g/mol. The zero-order valence-corrected chi connectivity index (χ0v) is 78.0. The summed E-state index contributed by atoms with van der Waals surface area (Å²) in [7, 11) is -34.8. The molecule has 0 unspecified atom stereocenters. The Labute approximate surface area is 749 Å². The molecule has 0 aromatic heterocycles. The number of rotatable bonds is 34. The molecule has 0 saturated heterocycles. The van der Waals surface area contributed by atoms with Crippen molar-refractivity contribution in [2.45, 2.75) is 12.1 Å². The maximum atomic E-state index is 9.61. The Morgan fingerprint density at radius 3 is 0.254 bits per heavy atom. The van der Waals surface area contributed by atoms with Crippen LogP contribution in [-0.2, 0) is 24.7 Å². The Hall–Kier alpha value is -12.8. The molecule has 0 aliphatic carbocycles. The third-order valence-corrected chi connectivity index (χ3v) is 60.9. The average Bonchev–Trinajstić information content (AvgIpc) is 0.712. The van der Waals surface area contributed by atoms with Gasteiger partial charge in [0.1, 0.15) is 0 Å². The monoisotopic (exact) mass is 1760 g/mol. The summed E-state index contributed by atoms with van der Waals surface area (Å²) >= 11 is 0. The maximum absolute atomic E-state index is 9.61. The van der Waals surface area contributed by atoms with Crippen LogP contribution in [0.15, 0.2) is 558 Å². The van der Waals surface area contributed by atoms with Crippen molar-refractivity contribution in [1.29, 1.82) is 0 Å². The van der Waals surface area contributed by atoms with Gasteiger partial charge in [-0.25, -0.2) is 0 Å². The lowest BCUT2D eigenvalue weighted by Gasteiger charge is -2.50. The molecule has 0 saturated carbocycles. The van der Waals surface area contributed by atoms with Gasteiger partial charge in [0.2, 0.25) is 0 Å². The van der Waals surface area contributed by atoms with Gasteiger partial charge in [0.25, 0.3) is 49.9 Å². The topological polar surface area (TPSA) is 55.4 Å². The van der Waals surface area contributed by atoms with Crippen LogP contribution < -0.4 is 93.4 Å². The first-order valence-electron chi connectivity index (χ1n) is 43.2. The SMILES string of the molecule is C(=CC[Si](O[Si](c1ccccc1)(c1ccccc1)c1ccccc1)(O[Si](c1ccccc1)(c1ccccc1)c1ccccc1)O[Si](c1ccccc1)(c1ccccc1)c1ccccc1)C[Si](O[Si](c1ccccc1)(c1ccccc1)c1ccccc1)(O[Si](c1ccccc1)(c1ccccc1)c1ccccc1)O[Si](c1ccccc1)(c1ccccc1)c1ccccc1. The molecule has 0 aliphatic heterocycles. The Morgan fingerprint density at radius 2 is 0.183 bits per heavy atom. The van der Waals surface area contributed by atoms with E-state index < -0.39 is 67.5 Å². The van der Waals surface area contributed by atoms with Crippen LogP contribution >= 0.6 is 0 Å². The molecule has 0 N–H and O–H groups in total. The van der Waals surface area contributed by atoms with Crippen molar-refractivity contribution in [1.82, 2.24) is 0 Å². The normalized spacial score (nSPS) is 12.3. The highest BCUT2D eigenvalue weighted by molar-refractivity contribution is 7.18. The van der Waals surface area contributed by atoms with Crippen LogP contribution in [0.1, 0.15) is 0 Å². The molecule has 18 rings (SSSR count). The van der Waals surface area contributed by atoms with Crippen molar-refractivity contribution in [2.75, 3.05) is 0 Å².